The predicted octanol–water partition coefficient (Wildman–Crippen LogP) is 2.24. The van der Waals surface area contributed by atoms with Crippen LogP contribution >= 0.6 is 27.3 Å². The van der Waals surface area contributed by atoms with Crippen molar-refractivity contribution < 1.29 is 0 Å². The van der Waals surface area contributed by atoms with Gasteiger partial charge in [-0.15, -0.1) is 11.3 Å². The van der Waals surface area contributed by atoms with E-state index in [0.717, 1.165) is 13.1 Å². The molecule has 1 fully saturated rings. The van der Waals surface area contributed by atoms with E-state index in [4.69, 9.17) is 0 Å². The molecule has 96 valence electrons. The van der Waals surface area contributed by atoms with Crippen LogP contribution in [0.25, 0.3) is 0 Å². The first-order valence-corrected chi connectivity index (χ1v) is 7.64. The van der Waals surface area contributed by atoms with E-state index in [1.54, 1.807) is 11.3 Å². The average molecular weight is 318 g/mol. The highest BCUT2D eigenvalue weighted by Crippen LogP contribution is 2.29. The van der Waals surface area contributed by atoms with E-state index >= 15 is 0 Å². The van der Waals surface area contributed by atoms with Crippen LogP contribution in [0.15, 0.2) is 15.9 Å². The van der Waals surface area contributed by atoms with Crippen LogP contribution in [-0.4, -0.2) is 51.2 Å². The van der Waals surface area contributed by atoms with Crippen LogP contribution in [0.1, 0.15) is 6.42 Å². The van der Waals surface area contributed by atoms with Gasteiger partial charge in [0.2, 0.25) is 0 Å². The Hall–Kier alpha value is -0.100. The predicted molar refractivity (Wildman–Crippen MR) is 79.2 cm³/mol. The zero-order valence-electron chi connectivity index (χ0n) is 10.4. The number of hydrogen-bond donors (Lipinski definition) is 1. The highest BCUT2D eigenvalue weighted by Gasteiger charge is 2.16. The molecule has 0 amide bonds. The summed E-state index contributed by atoms with van der Waals surface area (Å²) in [4.78, 5) is 4.74. The summed E-state index contributed by atoms with van der Waals surface area (Å²) in [5.41, 5.74) is 0. The fourth-order valence-corrected chi connectivity index (χ4v) is 3.50. The summed E-state index contributed by atoms with van der Waals surface area (Å²) < 4.78 is 1.20. The number of anilines is 1. The number of nitrogens with zero attached hydrogens (tertiary/aromatic N) is 2. The van der Waals surface area contributed by atoms with Crippen molar-refractivity contribution in [2.45, 2.75) is 12.5 Å². The standard InChI is InChI=1S/C12H20BrN3S/c1-15-8-6-14-10(9-15)5-7-16(2)12-4-3-11(13)17-12/h3-4,10,14H,5-9H2,1-2H3. The molecule has 1 aromatic rings. The molecule has 0 saturated carbocycles. The molecule has 1 atom stereocenters. The van der Waals surface area contributed by atoms with Gasteiger partial charge >= 0.3 is 0 Å². The van der Waals surface area contributed by atoms with Gasteiger partial charge in [-0.3, -0.25) is 0 Å². The van der Waals surface area contributed by atoms with Crippen molar-refractivity contribution >= 4 is 32.3 Å². The third-order valence-corrected chi connectivity index (χ3v) is 4.94. The van der Waals surface area contributed by atoms with Crippen LogP contribution in [-0.2, 0) is 0 Å². The number of thiophene rings is 1. The van der Waals surface area contributed by atoms with Crippen LogP contribution < -0.4 is 10.2 Å². The SMILES string of the molecule is CN1CCNC(CCN(C)c2ccc(Br)s2)C1. The maximum atomic E-state index is 3.59. The molecule has 1 saturated heterocycles. The van der Waals surface area contributed by atoms with Crippen LogP contribution in [0, 0.1) is 0 Å². The molecule has 3 nitrogen and oxygen atoms in total. The van der Waals surface area contributed by atoms with Crippen molar-refractivity contribution in [2.75, 3.05) is 45.2 Å². The minimum Gasteiger partial charge on any atom is -0.366 e. The molecule has 1 aliphatic heterocycles. The second-order valence-electron chi connectivity index (χ2n) is 4.70. The van der Waals surface area contributed by atoms with Gasteiger partial charge in [-0.25, -0.2) is 0 Å². The van der Waals surface area contributed by atoms with Gasteiger partial charge in [0.1, 0.15) is 0 Å². The monoisotopic (exact) mass is 317 g/mol. The van der Waals surface area contributed by atoms with E-state index in [0.29, 0.717) is 6.04 Å². The Balaban J connectivity index is 1.77. The molecule has 5 heteroatoms. The van der Waals surface area contributed by atoms with Crippen molar-refractivity contribution in [3.05, 3.63) is 15.9 Å². The summed E-state index contributed by atoms with van der Waals surface area (Å²) in [6.45, 7) is 4.57. The van der Waals surface area contributed by atoms with Crippen LogP contribution in [0.3, 0.4) is 0 Å². The van der Waals surface area contributed by atoms with E-state index in [1.165, 1.54) is 28.3 Å². The Morgan fingerprint density at radius 2 is 2.41 bits per heavy atom. The van der Waals surface area contributed by atoms with Crippen molar-refractivity contribution in [1.82, 2.24) is 10.2 Å². The summed E-state index contributed by atoms with van der Waals surface area (Å²) in [5, 5.41) is 4.92. The number of rotatable bonds is 4. The molecule has 0 aliphatic carbocycles. The summed E-state index contributed by atoms with van der Waals surface area (Å²) in [6.07, 6.45) is 1.20. The minimum absolute atomic E-state index is 0.639. The topological polar surface area (TPSA) is 18.5 Å². The zero-order valence-corrected chi connectivity index (χ0v) is 12.9. The van der Waals surface area contributed by atoms with E-state index in [9.17, 15) is 0 Å². The zero-order chi connectivity index (χ0) is 12.3. The second kappa shape index (κ2) is 6.18. The van der Waals surface area contributed by atoms with Gasteiger partial charge in [-0.1, -0.05) is 0 Å². The Morgan fingerprint density at radius 1 is 1.59 bits per heavy atom. The Morgan fingerprint density at radius 3 is 3.06 bits per heavy atom. The number of piperazine rings is 1. The van der Waals surface area contributed by atoms with Crippen LogP contribution in [0.2, 0.25) is 0 Å². The normalized spacial score (nSPS) is 21.7. The highest BCUT2D eigenvalue weighted by atomic mass is 79.9. The molecular weight excluding hydrogens is 298 g/mol. The molecule has 0 spiro atoms. The molecule has 1 unspecified atom stereocenters. The lowest BCUT2D eigenvalue weighted by Crippen LogP contribution is -2.49. The maximum absolute atomic E-state index is 3.59. The Bertz CT molecular complexity index is 355. The molecule has 0 radical (unpaired) electrons. The van der Waals surface area contributed by atoms with Gasteiger partial charge in [0.15, 0.2) is 0 Å². The lowest BCUT2D eigenvalue weighted by Gasteiger charge is -2.32. The molecule has 1 N–H and O–H groups in total. The third kappa shape index (κ3) is 3.95. The average Bonchev–Trinajstić information content (AvgIpc) is 2.73. The second-order valence-corrected chi connectivity index (χ2v) is 7.14. The van der Waals surface area contributed by atoms with Crippen LogP contribution in [0.4, 0.5) is 5.00 Å². The first-order chi connectivity index (χ1) is 8.15. The van der Waals surface area contributed by atoms with Crippen molar-refractivity contribution in [3.8, 4) is 0 Å². The van der Waals surface area contributed by atoms with Crippen molar-refractivity contribution in [1.29, 1.82) is 0 Å². The molecule has 2 heterocycles. The van der Waals surface area contributed by atoms with Crippen molar-refractivity contribution in [3.63, 3.8) is 0 Å². The van der Waals surface area contributed by atoms with E-state index < -0.39 is 0 Å². The fraction of sp³-hybridized carbons (Fsp3) is 0.667. The van der Waals surface area contributed by atoms with Gasteiger partial charge in [0, 0.05) is 39.3 Å². The molecular formula is C12H20BrN3S. The lowest BCUT2D eigenvalue weighted by molar-refractivity contribution is 0.233. The van der Waals surface area contributed by atoms with Gasteiger partial charge in [0.25, 0.3) is 0 Å². The molecule has 0 aromatic carbocycles. The number of halogens is 1. The first-order valence-electron chi connectivity index (χ1n) is 6.03. The number of likely N-dealkylation sites (N-methyl/N-ethyl adjacent to an activating group) is 1. The van der Waals surface area contributed by atoms with Gasteiger partial charge in [-0.05, 0) is 41.5 Å². The molecule has 1 aliphatic rings. The maximum Gasteiger partial charge on any atom is 0.0917 e. The summed E-state index contributed by atoms with van der Waals surface area (Å²) in [7, 11) is 4.37. The van der Waals surface area contributed by atoms with Gasteiger partial charge in [0.05, 0.1) is 8.79 Å². The smallest absolute Gasteiger partial charge is 0.0917 e. The number of hydrogen-bond acceptors (Lipinski definition) is 4. The molecule has 17 heavy (non-hydrogen) atoms. The van der Waals surface area contributed by atoms with Gasteiger partial charge in [-0.2, -0.15) is 0 Å². The highest BCUT2D eigenvalue weighted by molar-refractivity contribution is 9.11. The minimum atomic E-state index is 0.639. The molecule has 0 bridgehead atoms. The van der Waals surface area contributed by atoms with Crippen molar-refractivity contribution in [2.24, 2.45) is 0 Å². The quantitative estimate of drug-likeness (QED) is 0.918. The third-order valence-electron chi connectivity index (χ3n) is 3.21. The summed E-state index contributed by atoms with van der Waals surface area (Å²) >= 11 is 5.30. The molecule has 1 aromatic heterocycles. The fourth-order valence-electron chi connectivity index (χ4n) is 2.15. The van der Waals surface area contributed by atoms with E-state index in [-0.39, 0.29) is 0 Å². The Kier molecular flexibility index (Phi) is 4.85. The summed E-state index contributed by atoms with van der Waals surface area (Å²) in [6, 6.07) is 4.93. The summed E-state index contributed by atoms with van der Waals surface area (Å²) in [5.74, 6) is 0. The van der Waals surface area contributed by atoms with Crippen LogP contribution in [0.5, 0.6) is 0 Å². The van der Waals surface area contributed by atoms with E-state index in [1.807, 2.05) is 0 Å². The van der Waals surface area contributed by atoms with Gasteiger partial charge < -0.3 is 15.1 Å². The van der Waals surface area contributed by atoms with E-state index in [2.05, 4.69) is 57.3 Å². The Labute approximate surface area is 116 Å². The first kappa shape index (κ1) is 13.3. The lowest BCUT2D eigenvalue weighted by atomic mass is 10.1. The molecule has 2 rings (SSSR count). The largest absolute Gasteiger partial charge is 0.366 e. The number of nitrogens with one attached hydrogen (secondary N) is 1.